The third-order valence-electron chi connectivity index (χ3n) is 2.84. The van der Waals surface area contributed by atoms with Crippen LogP contribution in [0.1, 0.15) is 32.7 Å². The van der Waals surface area contributed by atoms with Gasteiger partial charge in [0, 0.05) is 6.20 Å². The highest BCUT2D eigenvalue weighted by molar-refractivity contribution is 7.15. The summed E-state index contributed by atoms with van der Waals surface area (Å²) in [6, 6.07) is 0.773. The molecule has 122 valence electrons. The zero-order valence-electron chi connectivity index (χ0n) is 12.0. The molecular formula is C13H11F3N4O2S. The molecule has 23 heavy (non-hydrogen) atoms. The van der Waals surface area contributed by atoms with Crippen molar-refractivity contribution in [1.29, 1.82) is 0 Å². The van der Waals surface area contributed by atoms with Crippen LogP contribution in [-0.4, -0.2) is 26.8 Å². The minimum atomic E-state index is -4.53. The molecule has 10 heteroatoms. The number of anilines is 1. The Morgan fingerprint density at radius 2 is 2.04 bits per heavy atom. The Kier molecular flexibility index (Phi) is 4.64. The van der Waals surface area contributed by atoms with E-state index in [0.29, 0.717) is 5.01 Å². The second-order valence-corrected chi connectivity index (χ2v) is 5.58. The van der Waals surface area contributed by atoms with Crippen molar-refractivity contribution >= 4 is 28.8 Å². The number of aromatic nitrogens is 2. The zero-order chi connectivity index (χ0) is 17.2. The summed E-state index contributed by atoms with van der Waals surface area (Å²) in [7, 11) is 0. The maximum absolute atomic E-state index is 12.8. The van der Waals surface area contributed by atoms with Crippen LogP contribution in [0.3, 0.4) is 0 Å². The van der Waals surface area contributed by atoms with E-state index in [1.54, 1.807) is 0 Å². The molecule has 0 aliphatic heterocycles. The van der Waals surface area contributed by atoms with Gasteiger partial charge in [-0.25, -0.2) is 9.97 Å². The van der Waals surface area contributed by atoms with E-state index in [9.17, 15) is 18.0 Å². The summed E-state index contributed by atoms with van der Waals surface area (Å²) in [4.78, 5) is 19.8. The number of rotatable bonds is 3. The molecule has 2 rings (SSSR count). The van der Waals surface area contributed by atoms with Crippen LogP contribution in [0, 0.1) is 6.92 Å². The average Bonchev–Trinajstić information content (AvgIpc) is 2.97. The van der Waals surface area contributed by atoms with Gasteiger partial charge < -0.3 is 10.5 Å². The molecule has 0 saturated heterocycles. The van der Waals surface area contributed by atoms with E-state index in [4.69, 9.17) is 5.21 Å². The lowest BCUT2D eigenvalue weighted by atomic mass is 10.1. The van der Waals surface area contributed by atoms with E-state index in [0.717, 1.165) is 23.6 Å². The van der Waals surface area contributed by atoms with Crippen LogP contribution in [-0.2, 0) is 6.18 Å². The third-order valence-corrected chi connectivity index (χ3v) is 3.94. The molecule has 2 N–H and O–H groups in total. The molecule has 2 aromatic heterocycles. The number of oxime groups is 1. The van der Waals surface area contributed by atoms with E-state index >= 15 is 0 Å². The predicted molar refractivity (Wildman–Crippen MR) is 78.0 cm³/mol. The second-order valence-electron chi connectivity index (χ2n) is 4.55. The first-order valence-corrected chi connectivity index (χ1v) is 7.04. The number of hydrogen-bond acceptors (Lipinski definition) is 6. The molecule has 2 aromatic rings. The molecule has 0 fully saturated rings. The molecule has 6 nitrogen and oxygen atoms in total. The van der Waals surface area contributed by atoms with Gasteiger partial charge in [-0.2, -0.15) is 13.2 Å². The van der Waals surface area contributed by atoms with Crippen molar-refractivity contribution in [2.24, 2.45) is 5.16 Å². The lowest BCUT2D eigenvalue weighted by molar-refractivity contribution is -0.138. The number of aryl methyl sites for hydroxylation is 1. The number of carbonyl (C=O) groups is 1. The number of alkyl halides is 3. The molecule has 0 aliphatic rings. The molecule has 0 aromatic carbocycles. The Hall–Kier alpha value is -2.49. The first-order chi connectivity index (χ1) is 10.7. The van der Waals surface area contributed by atoms with Crippen molar-refractivity contribution in [3.8, 4) is 0 Å². The quantitative estimate of drug-likeness (QED) is 0.508. The Labute approximate surface area is 132 Å². The van der Waals surface area contributed by atoms with Gasteiger partial charge in [0.25, 0.3) is 5.91 Å². The number of carbonyl (C=O) groups excluding carboxylic acids is 1. The molecule has 0 aliphatic carbocycles. The first-order valence-electron chi connectivity index (χ1n) is 6.22. The minimum absolute atomic E-state index is 0.0367. The highest BCUT2D eigenvalue weighted by Gasteiger charge is 2.33. The second kappa shape index (κ2) is 6.32. The van der Waals surface area contributed by atoms with Crippen LogP contribution in [0.25, 0.3) is 0 Å². The first kappa shape index (κ1) is 16.9. The summed E-state index contributed by atoms with van der Waals surface area (Å²) in [6.07, 6.45) is -2.25. The highest BCUT2D eigenvalue weighted by Crippen LogP contribution is 2.32. The topological polar surface area (TPSA) is 87.5 Å². The predicted octanol–water partition coefficient (Wildman–Crippen LogP) is 3.32. The van der Waals surface area contributed by atoms with Crippen LogP contribution < -0.4 is 5.32 Å². The van der Waals surface area contributed by atoms with Gasteiger partial charge in [0.1, 0.15) is 21.4 Å². The molecule has 0 spiro atoms. The molecular weight excluding hydrogens is 333 g/mol. The number of amides is 1. The fourth-order valence-corrected chi connectivity index (χ4v) is 2.42. The largest absolute Gasteiger partial charge is 0.416 e. The van der Waals surface area contributed by atoms with Crippen molar-refractivity contribution in [2.45, 2.75) is 20.0 Å². The fraction of sp³-hybridized carbons (Fsp3) is 0.231. The lowest BCUT2D eigenvalue weighted by Crippen LogP contribution is -2.14. The summed E-state index contributed by atoms with van der Waals surface area (Å²) in [5, 5.41) is 14.2. The van der Waals surface area contributed by atoms with E-state index < -0.39 is 17.6 Å². The normalized spacial score (nSPS) is 12.3. The van der Waals surface area contributed by atoms with E-state index in [-0.39, 0.29) is 22.0 Å². The van der Waals surface area contributed by atoms with Gasteiger partial charge in [-0.15, -0.1) is 11.3 Å². The molecule has 2 heterocycles. The van der Waals surface area contributed by atoms with Crippen LogP contribution in [0.2, 0.25) is 0 Å². The van der Waals surface area contributed by atoms with Gasteiger partial charge in [-0.1, -0.05) is 5.16 Å². The molecule has 0 atom stereocenters. The fourth-order valence-electron chi connectivity index (χ4n) is 1.66. The lowest BCUT2D eigenvalue weighted by Gasteiger charge is -2.11. The van der Waals surface area contributed by atoms with Crippen molar-refractivity contribution in [3.05, 3.63) is 39.5 Å². The van der Waals surface area contributed by atoms with E-state index in [1.807, 2.05) is 0 Å². The van der Waals surface area contributed by atoms with Crippen molar-refractivity contribution in [3.63, 3.8) is 0 Å². The SMILES string of the molecule is C/C(=N\O)c1ncc(C(=O)Nc2cc(C(F)(F)F)c(C)cn2)s1. The Bertz CT molecular complexity index is 771. The van der Waals surface area contributed by atoms with Crippen LogP contribution in [0.4, 0.5) is 19.0 Å². The number of pyridine rings is 1. The molecule has 0 radical (unpaired) electrons. The van der Waals surface area contributed by atoms with Gasteiger partial charge in [0.05, 0.1) is 11.8 Å². The number of nitrogens with one attached hydrogen (secondary N) is 1. The number of thiazole rings is 1. The van der Waals surface area contributed by atoms with Gasteiger partial charge in [-0.05, 0) is 25.5 Å². The number of nitrogens with zero attached hydrogens (tertiary/aromatic N) is 3. The summed E-state index contributed by atoms with van der Waals surface area (Å²) in [5.74, 6) is -0.862. The van der Waals surface area contributed by atoms with Gasteiger partial charge in [0.2, 0.25) is 0 Å². The van der Waals surface area contributed by atoms with Gasteiger partial charge in [-0.3, -0.25) is 4.79 Å². The van der Waals surface area contributed by atoms with Crippen molar-refractivity contribution in [1.82, 2.24) is 9.97 Å². The van der Waals surface area contributed by atoms with Crippen LogP contribution >= 0.6 is 11.3 Å². The summed E-state index contributed by atoms with van der Waals surface area (Å²) in [5.41, 5.74) is -0.678. The molecule has 0 bridgehead atoms. The molecule has 0 saturated carbocycles. The zero-order valence-corrected chi connectivity index (χ0v) is 12.8. The van der Waals surface area contributed by atoms with E-state index in [1.165, 1.54) is 20.0 Å². The highest BCUT2D eigenvalue weighted by atomic mass is 32.1. The number of halogens is 3. The third kappa shape index (κ3) is 3.83. The Morgan fingerprint density at radius 1 is 1.35 bits per heavy atom. The van der Waals surface area contributed by atoms with E-state index in [2.05, 4.69) is 20.4 Å². The Balaban J connectivity index is 2.22. The van der Waals surface area contributed by atoms with Crippen LogP contribution in [0.15, 0.2) is 23.6 Å². The van der Waals surface area contributed by atoms with Crippen molar-refractivity contribution in [2.75, 3.05) is 5.32 Å². The standard InChI is InChI=1S/C13H11F3N4O2S/c1-6-4-17-10(3-8(6)13(14,15)16)19-11(21)9-5-18-12(23-9)7(2)20-22/h3-5,22H,1-2H3,(H,17,19,21)/b20-7+. The summed E-state index contributed by atoms with van der Waals surface area (Å²) in [6.45, 7) is 2.78. The monoisotopic (exact) mass is 344 g/mol. The van der Waals surface area contributed by atoms with Crippen LogP contribution in [0.5, 0.6) is 0 Å². The van der Waals surface area contributed by atoms with Crippen molar-refractivity contribution < 1.29 is 23.2 Å². The molecule has 1 amide bonds. The smallest absolute Gasteiger partial charge is 0.411 e. The minimum Gasteiger partial charge on any atom is -0.411 e. The average molecular weight is 344 g/mol. The summed E-state index contributed by atoms with van der Waals surface area (Å²) < 4.78 is 38.5. The Morgan fingerprint density at radius 3 is 2.65 bits per heavy atom. The summed E-state index contributed by atoms with van der Waals surface area (Å²) >= 11 is 0.942. The number of hydrogen-bond donors (Lipinski definition) is 2. The maximum Gasteiger partial charge on any atom is 0.416 e. The van der Waals surface area contributed by atoms with Gasteiger partial charge >= 0.3 is 6.18 Å². The van der Waals surface area contributed by atoms with Gasteiger partial charge in [0.15, 0.2) is 0 Å². The molecule has 0 unspecified atom stereocenters. The maximum atomic E-state index is 12.8.